The van der Waals surface area contributed by atoms with Gasteiger partial charge in [0.05, 0.1) is 17.8 Å². The van der Waals surface area contributed by atoms with Gasteiger partial charge in [0.2, 0.25) is 0 Å². The summed E-state index contributed by atoms with van der Waals surface area (Å²) in [5.74, 6) is -3.17. The molecule has 2 atom stereocenters. The molecule has 0 saturated heterocycles. The van der Waals surface area contributed by atoms with Gasteiger partial charge in [-0.05, 0) is 61.3 Å². The van der Waals surface area contributed by atoms with E-state index in [4.69, 9.17) is 10.2 Å². The summed E-state index contributed by atoms with van der Waals surface area (Å²) >= 11 is 0. The van der Waals surface area contributed by atoms with Crippen molar-refractivity contribution in [2.45, 2.75) is 87.9 Å². The second-order valence-electron chi connectivity index (χ2n) is 11.8. The minimum absolute atomic E-state index is 0.0509. The molecule has 4 N–H and O–H groups in total. The van der Waals surface area contributed by atoms with E-state index in [1.807, 2.05) is 67.5 Å². The smallest absolute Gasteiger partial charge is 0.377 e. The quantitative estimate of drug-likeness (QED) is 0.262. The van der Waals surface area contributed by atoms with E-state index < -0.39 is 29.9 Å². The molecule has 0 saturated carbocycles. The molecule has 0 aliphatic rings. The molecular weight excluding hydrogens is 484 g/mol. The van der Waals surface area contributed by atoms with Gasteiger partial charge in [-0.25, -0.2) is 9.59 Å². The summed E-state index contributed by atoms with van der Waals surface area (Å²) < 4.78 is 0. The van der Waals surface area contributed by atoms with Gasteiger partial charge in [0.15, 0.2) is 0 Å². The van der Waals surface area contributed by atoms with E-state index in [0.29, 0.717) is 11.1 Å². The summed E-state index contributed by atoms with van der Waals surface area (Å²) in [5.41, 5.74) is 2.76. The number of aliphatic carboxylic acids is 1. The van der Waals surface area contributed by atoms with Crippen molar-refractivity contribution < 1.29 is 34.8 Å². The number of carbonyl (C=O) groups excluding carboxylic acids is 1. The topological polar surface area (TPSA) is 132 Å². The number of carboxylic acids is 2. The number of aryl methyl sites for hydroxylation is 3. The third-order valence-corrected chi connectivity index (χ3v) is 6.18. The highest BCUT2D eigenvalue weighted by molar-refractivity contribution is 6.40. The molecule has 0 fully saturated rings. The van der Waals surface area contributed by atoms with Crippen LogP contribution in [0.4, 0.5) is 0 Å². The SMILES string of the molecule is CCC(C(O)C(C)(C)C)C(O)C(C)(C)C.Cc1cc(C)c(C(=O)C(=O)O)c(C)c1.O=C(O)c1ccccc1. The molecule has 2 aromatic carbocycles. The maximum absolute atomic E-state index is 11.3. The molecule has 2 aromatic rings. The minimum Gasteiger partial charge on any atom is -0.478 e. The fourth-order valence-electron chi connectivity index (χ4n) is 4.13. The van der Waals surface area contributed by atoms with Crippen molar-refractivity contribution in [1.29, 1.82) is 0 Å². The number of hydrogen-bond acceptors (Lipinski definition) is 5. The van der Waals surface area contributed by atoms with Crippen LogP contribution in [-0.4, -0.2) is 50.4 Å². The lowest BCUT2D eigenvalue weighted by molar-refractivity contribution is -0.131. The molecule has 7 nitrogen and oxygen atoms in total. The average molecular weight is 531 g/mol. The highest BCUT2D eigenvalue weighted by Crippen LogP contribution is 2.35. The van der Waals surface area contributed by atoms with Crippen molar-refractivity contribution >= 4 is 17.7 Å². The van der Waals surface area contributed by atoms with Crippen molar-refractivity contribution in [1.82, 2.24) is 0 Å². The molecule has 0 aliphatic carbocycles. The van der Waals surface area contributed by atoms with Gasteiger partial charge in [-0.1, -0.05) is 84.4 Å². The number of aliphatic hydroxyl groups is 2. The first-order chi connectivity index (χ1) is 17.2. The Morgan fingerprint density at radius 3 is 1.42 bits per heavy atom. The van der Waals surface area contributed by atoms with E-state index in [1.165, 1.54) is 0 Å². The van der Waals surface area contributed by atoms with Crippen LogP contribution >= 0.6 is 0 Å². The molecule has 2 rings (SSSR count). The zero-order valence-electron chi connectivity index (χ0n) is 24.5. The Kier molecular flexibility index (Phi) is 13.6. The normalized spacial score (nSPS) is 13.6. The number of carboxylic acid groups (broad SMARTS) is 2. The number of Topliss-reactive ketones (excluding diaryl/α,β-unsaturated/α-hetero) is 1. The first kappa shape index (κ1) is 35.0. The van der Waals surface area contributed by atoms with Crippen LogP contribution < -0.4 is 0 Å². The van der Waals surface area contributed by atoms with Crippen LogP contribution in [-0.2, 0) is 4.79 Å². The van der Waals surface area contributed by atoms with E-state index in [0.717, 1.165) is 23.1 Å². The average Bonchev–Trinajstić information content (AvgIpc) is 2.78. The fourth-order valence-corrected chi connectivity index (χ4v) is 4.13. The summed E-state index contributed by atoms with van der Waals surface area (Å²) in [4.78, 5) is 32.0. The third-order valence-electron chi connectivity index (χ3n) is 6.18. The Balaban J connectivity index is 0.000000556. The summed E-state index contributed by atoms with van der Waals surface area (Å²) in [7, 11) is 0. The van der Waals surface area contributed by atoms with Crippen LogP contribution in [0.15, 0.2) is 42.5 Å². The molecule has 2 unspecified atom stereocenters. The van der Waals surface area contributed by atoms with Gasteiger partial charge in [0, 0.05) is 11.5 Å². The lowest BCUT2D eigenvalue weighted by atomic mass is 9.71. The second-order valence-corrected chi connectivity index (χ2v) is 11.8. The standard InChI is InChI=1S/C13H28O2.C11H12O3.C7H6O2/c1-8-9(10(14)12(2,3)4)11(15)13(5,6)7;1-6-4-7(2)9(8(3)5-6)10(12)11(13)14;8-7(9)6-4-2-1-3-5-6/h9-11,14-15H,8H2,1-7H3;4-5H,1-3H3,(H,13,14);1-5H,(H,8,9). The van der Waals surface area contributed by atoms with Crippen LogP contribution in [0.25, 0.3) is 0 Å². The van der Waals surface area contributed by atoms with E-state index in [9.17, 15) is 24.6 Å². The predicted octanol–water partition coefficient (Wildman–Crippen LogP) is 6.09. The molecule has 38 heavy (non-hydrogen) atoms. The van der Waals surface area contributed by atoms with Crippen molar-refractivity contribution in [3.63, 3.8) is 0 Å². The number of ketones is 1. The zero-order valence-corrected chi connectivity index (χ0v) is 24.5. The number of aromatic carboxylic acids is 1. The Morgan fingerprint density at radius 1 is 0.763 bits per heavy atom. The molecule has 212 valence electrons. The number of carbonyl (C=O) groups is 3. The molecule has 0 aliphatic heterocycles. The van der Waals surface area contributed by atoms with Crippen molar-refractivity contribution in [2.24, 2.45) is 16.7 Å². The van der Waals surface area contributed by atoms with Crippen molar-refractivity contribution in [2.75, 3.05) is 0 Å². The molecule has 0 radical (unpaired) electrons. The number of benzene rings is 2. The number of aliphatic hydroxyl groups excluding tert-OH is 2. The zero-order chi connectivity index (χ0) is 30.0. The molecule has 7 heteroatoms. The van der Waals surface area contributed by atoms with Gasteiger partial charge in [-0.15, -0.1) is 0 Å². The van der Waals surface area contributed by atoms with Gasteiger partial charge in [-0.3, -0.25) is 4.79 Å². The van der Waals surface area contributed by atoms with Crippen LogP contribution in [0.3, 0.4) is 0 Å². The molecular formula is C31H46O7. The lowest BCUT2D eigenvalue weighted by Gasteiger charge is -2.40. The highest BCUT2D eigenvalue weighted by atomic mass is 16.4. The van der Waals surface area contributed by atoms with Crippen LogP contribution in [0, 0.1) is 37.5 Å². The fraction of sp³-hybridized carbons (Fsp3) is 0.516. The first-order valence-corrected chi connectivity index (χ1v) is 12.8. The number of rotatable bonds is 6. The van der Waals surface area contributed by atoms with E-state index in [-0.39, 0.29) is 16.7 Å². The minimum atomic E-state index is -1.40. The summed E-state index contributed by atoms with van der Waals surface area (Å²) in [6, 6.07) is 11.9. The summed E-state index contributed by atoms with van der Waals surface area (Å²) in [6.45, 7) is 19.5. The van der Waals surface area contributed by atoms with Crippen LogP contribution in [0.5, 0.6) is 0 Å². The molecule has 0 aromatic heterocycles. The van der Waals surface area contributed by atoms with Crippen LogP contribution in [0.2, 0.25) is 0 Å². The maximum atomic E-state index is 11.3. The predicted molar refractivity (Wildman–Crippen MR) is 151 cm³/mol. The van der Waals surface area contributed by atoms with E-state index in [2.05, 4.69) is 0 Å². The molecule has 0 bridgehead atoms. The van der Waals surface area contributed by atoms with Crippen molar-refractivity contribution in [3.8, 4) is 0 Å². The summed E-state index contributed by atoms with van der Waals surface area (Å²) in [5, 5.41) is 37.4. The number of hydrogen-bond donors (Lipinski definition) is 4. The highest BCUT2D eigenvalue weighted by Gasteiger charge is 2.38. The Morgan fingerprint density at radius 2 is 1.16 bits per heavy atom. The second kappa shape index (κ2) is 14.8. The first-order valence-electron chi connectivity index (χ1n) is 12.8. The lowest BCUT2D eigenvalue weighted by Crippen LogP contribution is -2.45. The third kappa shape index (κ3) is 11.2. The molecule has 0 heterocycles. The van der Waals surface area contributed by atoms with Gasteiger partial charge in [0.25, 0.3) is 5.78 Å². The van der Waals surface area contributed by atoms with Gasteiger partial charge in [0.1, 0.15) is 0 Å². The van der Waals surface area contributed by atoms with Gasteiger partial charge in [-0.2, -0.15) is 0 Å². The maximum Gasteiger partial charge on any atom is 0.377 e. The van der Waals surface area contributed by atoms with Crippen molar-refractivity contribution in [3.05, 3.63) is 70.3 Å². The largest absolute Gasteiger partial charge is 0.478 e. The Labute approximate surface area is 227 Å². The molecule has 0 amide bonds. The van der Waals surface area contributed by atoms with Crippen LogP contribution in [0.1, 0.15) is 92.3 Å². The van der Waals surface area contributed by atoms with Gasteiger partial charge < -0.3 is 20.4 Å². The van der Waals surface area contributed by atoms with E-state index >= 15 is 0 Å². The summed E-state index contributed by atoms with van der Waals surface area (Å²) in [6.07, 6.45) is -0.120. The Bertz CT molecular complexity index is 1020. The van der Waals surface area contributed by atoms with E-state index in [1.54, 1.807) is 44.2 Å². The molecule has 0 spiro atoms. The Hall–Kier alpha value is -3.03. The van der Waals surface area contributed by atoms with Gasteiger partial charge >= 0.3 is 11.9 Å². The monoisotopic (exact) mass is 530 g/mol.